The molecule has 0 aromatic carbocycles. The van der Waals surface area contributed by atoms with Crippen LogP contribution in [0.2, 0.25) is 0 Å². The van der Waals surface area contributed by atoms with Gasteiger partial charge < -0.3 is 14.2 Å². The largest absolute Gasteiger partial charge is 0.462 e. The van der Waals surface area contributed by atoms with E-state index in [1.165, 1.54) is 141 Å². The van der Waals surface area contributed by atoms with Crippen LogP contribution in [-0.2, 0) is 28.6 Å². The van der Waals surface area contributed by atoms with Crippen molar-refractivity contribution in [2.75, 3.05) is 13.2 Å². The molecule has 6 nitrogen and oxygen atoms in total. The number of esters is 3. The minimum absolute atomic E-state index is 0.0940. The van der Waals surface area contributed by atoms with Crippen LogP contribution >= 0.6 is 0 Å². The van der Waals surface area contributed by atoms with Gasteiger partial charge in [-0.1, -0.05) is 259 Å². The Hall–Kier alpha value is -3.93. The molecule has 428 valence electrons. The Balaban J connectivity index is 4.37. The maximum absolute atomic E-state index is 12.9. The summed E-state index contributed by atoms with van der Waals surface area (Å²) in [6.07, 6.45) is 85.2. The van der Waals surface area contributed by atoms with E-state index < -0.39 is 6.10 Å². The highest BCUT2D eigenvalue weighted by molar-refractivity contribution is 5.71. The molecule has 0 amide bonds. The normalized spacial score (nSPS) is 12.8. The van der Waals surface area contributed by atoms with Gasteiger partial charge in [-0.15, -0.1) is 0 Å². The summed E-state index contributed by atoms with van der Waals surface area (Å²) in [5, 5.41) is 0. The zero-order valence-corrected chi connectivity index (χ0v) is 49.0. The minimum atomic E-state index is -0.800. The summed E-state index contributed by atoms with van der Waals surface area (Å²) in [5.41, 5.74) is 0. The molecule has 1 atom stereocenters. The molecule has 0 saturated heterocycles. The van der Waals surface area contributed by atoms with Crippen molar-refractivity contribution in [2.24, 2.45) is 0 Å². The van der Waals surface area contributed by atoms with Gasteiger partial charge in [0.25, 0.3) is 0 Å². The molecule has 0 aliphatic rings. The van der Waals surface area contributed by atoms with E-state index in [9.17, 15) is 14.4 Å². The number of carbonyl (C=O) groups excluding carboxylic acids is 3. The van der Waals surface area contributed by atoms with Crippen molar-refractivity contribution in [1.82, 2.24) is 0 Å². The predicted octanol–water partition coefficient (Wildman–Crippen LogP) is 21.4. The molecule has 0 aliphatic heterocycles. The van der Waals surface area contributed by atoms with E-state index in [0.29, 0.717) is 19.3 Å². The van der Waals surface area contributed by atoms with Gasteiger partial charge in [0.2, 0.25) is 0 Å². The fourth-order valence-electron chi connectivity index (χ4n) is 8.60. The van der Waals surface area contributed by atoms with E-state index in [4.69, 9.17) is 14.2 Å². The molecule has 6 heteroatoms. The first-order valence-electron chi connectivity index (χ1n) is 31.4. The Morgan fingerprint density at radius 2 is 0.520 bits per heavy atom. The van der Waals surface area contributed by atoms with Crippen LogP contribution in [0.4, 0.5) is 0 Å². The Bertz CT molecular complexity index is 1520. The predicted molar refractivity (Wildman–Crippen MR) is 325 cm³/mol. The summed E-state index contributed by atoms with van der Waals surface area (Å²) < 4.78 is 16.9. The Morgan fingerprint density at radius 3 is 0.853 bits per heavy atom. The zero-order chi connectivity index (χ0) is 54.3. The molecule has 0 fully saturated rings. The Morgan fingerprint density at radius 1 is 0.280 bits per heavy atom. The molecule has 0 spiro atoms. The van der Waals surface area contributed by atoms with Crippen LogP contribution in [0.1, 0.15) is 290 Å². The summed E-state index contributed by atoms with van der Waals surface area (Å²) in [6, 6.07) is 0. The number of unbranched alkanes of at least 4 members (excludes halogenated alkanes) is 27. The quantitative estimate of drug-likeness (QED) is 0.0261. The van der Waals surface area contributed by atoms with Crippen molar-refractivity contribution in [1.29, 1.82) is 0 Å². The second-order valence-electron chi connectivity index (χ2n) is 20.5. The van der Waals surface area contributed by atoms with Crippen molar-refractivity contribution in [3.63, 3.8) is 0 Å². The Kier molecular flexibility index (Phi) is 59.3. The van der Waals surface area contributed by atoms with E-state index in [2.05, 4.69) is 130 Å². The van der Waals surface area contributed by atoms with E-state index in [-0.39, 0.29) is 31.1 Å². The highest BCUT2D eigenvalue weighted by atomic mass is 16.6. The van der Waals surface area contributed by atoms with Gasteiger partial charge in [0, 0.05) is 19.3 Å². The van der Waals surface area contributed by atoms with Crippen molar-refractivity contribution >= 4 is 17.9 Å². The van der Waals surface area contributed by atoms with Crippen LogP contribution in [0.5, 0.6) is 0 Å². The summed E-state index contributed by atoms with van der Waals surface area (Å²) in [7, 11) is 0. The van der Waals surface area contributed by atoms with Crippen molar-refractivity contribution in [3.8, 4) is 0 Å². The van der Waals surface area contributed by atoms with E-state index in [1.807, 2.05) is 0 Å². The summed E-state index contributed by atoms with van der Waals surface area (Å²) in [6.45, 7) is 6.39. The summed E-state index contributed by atoms with van der Waals surface area (Å²) in [4.78, 5) is 38.3. The maximum Gasteiger partial charge on any atom is 0.306 e. The average Bonchev–Trinajstić information content (AvgIpc) is 3.41. The van der Waals surface area contributed by atoms with Crippen LogP contribution < -0.4 is 0 Å². The standard InChI is InChI=1S/C69H116O6/c1-4-7-10-13-16-19-22-25-28-30-31-32-33-34-35-36-37-39-41-44-47-50-53-56-59-62-68(71)74-65-66(64-73-67(70)61-58-55-52-49-46-43-40-27-24-21-18-15-12-9-6-3)75-69(72)63-60-57-54-51-48-45-42-38-29-26-23-20-17-14-11-8-5-2/h7,9-10,12,16,18-19,21,25-29,31-32,40,46,49,66H,4-6,8,11,13-15,17,20,22-24,30,33-39,41-45,47-48,50-65H2,1-3H3/b10-7-,12-9-,19-16-,21-18-,28-25-,29-26-,32-31-,40-27-,49-46-. The third-order valence-corrected chi connectivity index (χ3v) is 13.2. The van der Waals surface area contributed by atoms with Gasteiger partial charge in [-0.05, 0) is 122 Å². The fourth-order valence-corrected chi connectivity index (χ4v) is 8.60. The van der Waals surface area contributed by atoms with Crippen LogP contribution in [0.25, 0.3) is 0 Å². The van der Waals surface area contributed by atoms with Crippen LogP contribution in [0, 0.1) is 0 Å². The van der Waals surface area contributed by atoms with Gasteiger partial charge >= 0.3 is 17.9 Å². The number of carbonyl (C=O) groups is 3. The van der Waals surface area contributed by atoms with E-state index in [1.54, 1.807) is 0 Å². The van der Waals surface area contributed by atoms with Gasteiger partial charge in [-0.2, -0.15) is 0 Å². The maximum atomic E-state index is 12.9. The average molecular weight is 1040 g/mol. The SMILES string of the molecule is CC/C=C\C/C=C\C/C=C\C/C=C\CCCCCCCCCCCCCCC(=O)OCC(COC(=O)CCCC/C=C\C/C=C\C/C=C\C/C=C\CC)OC(=O)CCCCCCCCC/C=C\CCCCCCCC. The lowest BCUT2D eigenvalue weighted by Crippen LogP contribution is -2.30. The van der Waals surface area contributed by atoms with Crippen molar-refractivity contribution in [3.05, 3.63) is 109 Å². The molecule has 1 unspecified atom stereocenters. The molecule has 0 N–H and O–H groups in total. The molecule has 0 bridgehead atoms. The van der Waals surface area contributed by atoms with E-state index >= 15 is 0 Å². The third kappa shape index (κ3) is 60.8. The number of allylic oxidation sites excluding steroid dienone is 18. The highest BCUT2D eigenvalue weighted by Gasteiger charge is 2.19. The van der Waals surface area contributed by atoms with Gasteiger partial charge in [0.15, 0.2) is 6.10 Å². The van der Waals surface area contributed by atoms with Crippen LogP contribution in [0.15, 0.2) is 109 Å². The van der Waals surface area contributed by atoms with Crippen molar-refractivity contribution < 1.29 is 28.6 Å². The molecule has 0 aliphatic carbocycles. The first kappa shape index (κ1) is 71.1. The molecular formula is C69H116O6. The zero-order valence-electron chi connectivity index (χ0n) is 49.0. The van der Waals surface area contributed by atoms with Gasteiger partial charge in [0.05, 0.1) is 0 Å². The van der Waals surface area contributed by atoms with Gasteiger partial charge in [-0.3, -0.25) is 14.4 Å². The molecule has 0 aromatic heterocycles. The lowest BCUT2D eigenvalue weighted by atomic mass is 10.0. The third-order valence-electron chi connectivity index (χ3n) is 13.2. The molecule has 0 rings (SSSR count). The first-order chi connectivity index (χ1) is 37.0. The highest BCUT2D eigenvalue weighted by Crippen LogP contribution is 2.16. The number of hydrogen-bond donors (Lipinski definition) is 0. The smallest absolute Gasteiger partial charge is 0.306 e. The molecule has 0 heterocycles. The van der Waals surface area contributed by atoms with Crippen LogP contribution in [-0.4, -0.2) is 37.2 Å². The number of ether oxygens (including phenoxy) is 3. The first-order valence-corrected chi connectivity index (χ1v) is 31.4. The number of rotatable bonds is 56. The lowest BCUT2D eigenvalue weighted by molar-refractivity contribution is -0.167. The summed E-state index contributed by atoms with van der Waals surface area (Å²) in [5.74, 6) is -0.937. The summed E-state index contributed by atoms with van der Waals surface area (Å²) >= 11 is 0. The van der Waals surface area contributed by atoms with Crippen LogP contribution in [0.3, 0.4) is 0 Å². The van der Waals surface area contributed by atoms with Gasteiger partial charge in [0.1, 0.15) is 13.2 Å². The number of hydrogen-bond acceptors (Lipinski definition) is 6. The fraction of sp³-hybridized carbons (Fsp3) is 0.696. The second-order valence-corrected chi connectivity index (χ2v) is 20.5. The molecule has 0 saturated carbocycles. The second kappa shape index (κ2) is 62.6. The van der Waals surface area contributed by atoms with Gasteiger partial charge in [-0.25, -0.2) is 0 Å². The minimum Gasteiger partial charge on any atom is -0.462 e. The lowest BCUT2D eigenvalue weighted by Gasteiger charge is -2.18. The molecule has 75 heavy (non-hydrogen) atoms. The van der Waals surface area contributed by atoms with Crippen molar-refractivity contribution in [2.45, 2.75) is 297 Å². The Labute approximate surface area is 463 Å². The molecule has 0 aromatic rings. The monoisotopic (exact) mass is 1040 g/mol. The molecular weight excluding hydrogens is 925 g/mol. The molecule has 0 radical (unpaired) electrons. The topological polar surface area (TPSA) is 78.9 Å². The van der Waals surface area contributed by atoms with E-state index in [0.717, 1.165) is 109 Å².